The summed E-state index contributed by atoms with van der Waals surface area (Å²) in [7, 11) is 0. The van der Waals surface area contributed by atoms with Crippen LogP contribution in [0.3, 0.4) is 0 Å². The van der Waals surface area contributed by atoms with E-state index in [0.717, 1.165) is 5.69 Å². The van der Waals surface area contributed by atoms with Crippen molar-refractivity contribution in [2.45, 2.75) is 0 Å². The molecule has 0 unspecified atom stereocenters. The molecule has 1 aromatic heterocycles. The van der Waals surface area contributed by atoms with Crippen molar-refractivity contribution in [1.82, 2.24) is 10.4 Å². The number of aromatic nitrogens is 1. The third-order valence-corrected chi connectivity index (χ3v) is 2.97. The highest BCUT2D eigenvalue weighted by Gasteiger charge is 2.02. The summed E-state index contributed by atoms with van der Waals surface area (Å²) >= 11 is 16.9. The maximum atomic E-state index is 6.02. The first-order chi connectivity index (χ1) is 9.65. The van der Waals surface area contributed by atoms with Crippen molar-refractivity contribution in [3.8, 4) is 0 Å². The highest BCUT2D eigenvalue weighted by molar-refractivity contribution is 7.80. The molecule has 1 heterocycles. The van der Waals surface area contributed by atoms with Crippen molar-refractivity contribution in [3.05, 3.63) is 58.3 Å². The van der Waals surface area contributed by atoms with Gasteiger partial charge in [-0.3, -0.25) is 10.4 Å². The Hall–Kier alpha value is -1.69. The van der Waals surface area contributed by atoms with Gasteiger partial charge in [-0.25, -0.2) is 0 Å². The Morgan fingerprint density at radius 2 is 2.10 bits per heavy atom. The lowest BCUT2D eigenvalue weighted by Crippen LogP contribution is -2.24. The molecule has 2 rings (SSSR count). The lowest BCUT2D eigenvalue weighted by Gasteiger charge is -2.08. The van der Waals surface area contributed by atoms with Gasteiger partial charge in [0.25, 0.3) is 0 Å². The number of hydrazone groups is 1. The van der Waals surface area contributed by atoms with Crippen LogP contribution < -0.4 is 10.7 Å². The molecule has 2 aromatic rings. The fourth-order valence-corrected chi connectivity index (χ4v) is 1.97. The molecule has 4 nitrogen and oxygen atoms in total. The minimum atomic E-state index is 0.321. The Bertz CT molecular complexity index is 632. The van der Waals surface area contributed by atoms with E-state index in [4.69, 9.17) is 35.4 Å². The van der Waals surface area contributed by atoms with Crippen molar-refractivity contribution >= 4 is 52.4 Å². The van der Waals surface area contributed by atoms with Gasteiger partial charge in [0, 0.05) is 11.2 Å². The van der Waals surface area contributed by atoms with Crippen LogP contribution in [-0.4, -0.2) is 16.3 Å². The van der Waals surface area contributed by atoms with Crippen LogP contribution in [0.2, 0.25) is 10.0 Å². The minimum absolute atomic E-state index is 0.321. The SMILES string of the molecule is S=C(NN=Cc1ccccn1)Nc1ccc(Cl)cc1Cl. The zero-order chi connectivity index (χ0) is 14.4. The Labute approximate surface area is 131 Å². The average Bonchev–Trinajstić information content (AvgIpc) is 2.43. The summed E-state index contributed by atoms with van der Waals surface area (Å²) < 4.78 is 0. The molecular weight excluding hydrogens is 315 g/mol. The monoisotopic (exact) mass is 324 g/mol. The second-order valence-electron chi connectivity index (χ2n) is 3.70. The van der Waals surface area contributed by atoms with Crippen molar-refractivity contribution < 1.29 is 0 Å². The normalized spacial score (nSPS) is 10.5. The van der Waals surface area contributed by atoms with E-state index in [-0.39, 0.29) is 0 Å². The van der Waals surface area contributed by atoms with Crippen LogP contribution in [0, 0.1) is 0 Å². The number of hydrogen-bond acceptors (Lipinski definition) is 3. The van der Waals surface area contributed by atoms with E-state index < -0.39 is 0 Å². The second-order valence-corrected chi connectivity index (χ2v) is 4.95. The predicted molar refractivity (Wildman–Crippen MR) is 87.6 cm³/mol. The first-order valence-corrected chi connectivity index (χ1v) is 6.78. The van der Waals surface area contributed by atoms with E-state index in [1.807, 2.05) is 18.2 Å². The molecule has 0 amide bonds. The molecule has 2 N–H and O–H groups in total. The first kappa shape index (κ1) is 14.7. The maximum absolute atomic E-state index is 6.02. The summed E-state index contributed by atoms with van der Waals surface area (Å²) in [6.45, 7) is 0. The van der Waals surface area contributed by atoms with Crippen LogP contribution in [0.25, 0.3) is 0 Å². The quantitative estimate of drug-likeness (QED) is 0.513. The van der Waals surface area contributed by atoms with Crippen LogP contribution in [0.15, 0.2) is 47.7 Å². The fraction of sp³-hybridized carbons (Fsp3) is 0. The lowest BCUT2D eigenvalue weighted by atomic mass is 10.3. The van der Waals surface area contributed by atoms with E-state index in [0.29, 0.717) is 20.8 Å². The van der Waals surface area contributed by atoms with Gasteiger partial charge >= 0.3 is 0 Å². The van der Waals surface area contributed by atoms with E-state index in [9.17, 15) is 0 Å². The Balaban J connectivity index is 1.91. The van der Waals surface area contributed by atoms with Crippen LogP contribution in [0.1, 0.15) is 5.69 Å². The molecule has 0 fully saturated rings. The standard InChI is InChI=1S/C13H10Cl2N4S/c14-9-4-5-12(11(15)7-9)18-13(20)19-17-8-10-3-1-2-6-16-10/h1-8H,(H2,18,19,20). The Morgan fingerprint density at radius 1 is 1.25 bits per heavy atom. The zero-order valence-corrected chi connectivity index (χ0v) is 12.5. The largest absolute Gasteiger partial charge is 0.330 e. The number of thiocarbonyl (C=S) groups is 1. The number of nitrogens with one attached hydrogen (secondary N) is 2. The van der Waals surface area contributed by atoms with Crippen molar-refractivity contribution in [3.63, 3.8) is 0 Å². The molecule has 0 spiro atoms. The number of halogens is 2. The summed E-state index contributed by atoms with van der Waals surface area (Å²) in [6, 6.07) is 10.6. The minimum Gasteiger partial charge on any atom is -0.330 e. The number of pyridine rings is 1. The van der Waals surface area contributed by atoms with Crippen LogP contribution >= 0.6 is 35.4 Å². The molecule has 20 heavy (non-hydrogen) atoms. The molecule has 0 aliphatic heterocycles. The van der Waals surface area contributed by atoms with Crippen molar-refractivity contribution in [1.29, 1.82) is 0 Å². The number of rotatable bonds is 3. The molecule has 0 saturated heterocycles. The Morgan fingerprint density at radius 3 is 2.80 bits per heavy atom. The van der Waals surface area contributed by atoms with Crippen molar-refractivity contribution in [2.75, 3.05) is 5.32 Å². The number of benzene rings is 1. The highest BCUT2D eigenvalue weighted by Crippen LogP contribution is 2.25. The van der Waals surface area contributed by atoms with E-state index in [2.05, 4.69) is 20.8 Å². The van der Waals surface area contributed by atoms with Crippen LogP contribution in [-0.2, 0) is 0 Å². The zero-order valence-electron chi connectivity index (χ0n) is 10.2. The van der Waals surface area contributed by atoms with Crippen LogP contribution in [0.4, 0.5) is 5.69 Å². The smallest absolute Gasteiger partial charge is 0.191 e. The molecule has 0 aliphatic rings. The van der Waals surface area contributed by atoms with E-state index in [1.165, 1.54) is 0 Å². The highest BCUT2D eigenvalue weighted by atomic mass is 35.5. The topological polar surface area (TPSA) is 49.3 Å². The van der Waals surface area contributed by atoms with Gasteiger partial charge in [-0.2, -0.15) is 5.10 Å². The van der Waals surface area contributed by atoms with Gasteiger partial charge < -0.3 is 5.32 Å². The summed E-state index contributed by atoms with van der Waals surface area (Å²) in [4.78, 5) is 4.09. The number of anilines is 1. The van der Waals surface area contributed by atoms with Gasteiger partial charge in [0.05, 0.1) is 22.6 Å². The molecule has 7 heteroatoms. The third-order valence-electron chi connectivity index (χ3n) is 2.23. The van der Waals surface area contributed by atoms with Gasteiger partial charge in [0.2, 0.25) is 0 Å². The number of nitrogens with zero attached hydrogens (tertiary/aromatic N) is 2. The summed E-state index contributed by atoms with van der Waals surface area (Å²) in [5, 5.41) is 8.26. The molecule has 0 radical (unpaired) electrons. The molecule has 0 saturated carbocycles. The summed E-state index contributed by atoms with van der Waals surface area (Å²) in [6.07, 6.45) is 3.25. The van der Waals surface area contributed by atoms with E-state index >= 15 is 0 Å². The maximum Gasteiger partial charge on any atom is 0.191 e. The average molecular weight is 325 g/mol. The van der Waals surface area contributed by atoms with Crippen LogP contribution in [0.5, 0.6) is 0 Å². The summed E-state index contributed by atoms with van der Waals surface area (Å²) in [5.41, 5.74) is 4.06. The van der Waals surface area contributed by atoms with Gasteiger partial charge in [-0.15, -0.1) is 0 Å². The predicted octanol–water partition coefficient (Wildman–Crippen LogP) is 3.71. The summed E-state index contributed by atoms with van der Waals surface area (Å²) in [5.74, 6) is 0. The third kappa shape index (κ3) is 4.45. The van der Waals surface area contributed by atoms with Crippen molar-refractivity contribution in [2.24, 2.45) is 5.10 Å². The Kier molecular flexibility index (Phi) is 5.29. The number of hydrogen-bond donors (Lipinski definition) is 2. The van der Waals surface area contributed by atoms with Gasteiger partial charge in [0.15, 0.2) is 5.11 Å². The molecule has 0 aliphatic carbocycles. The first-order valence-electron chi connectivity index (χ1n) is 5.61. The van der Waals surface area contributed by atoms with Gasteiger partial charge in [-0.05, 0) is 42.5 Å². The molecular formula is C13H10Cl2N4S. The van der Waals surface area contributed by atoms with Gasteiger partial charge in [0.1, 0.15) is 0 Å². The fourth-order valence-electron chi connectivity index (χ4n) is 1.35. The van der Waals surface area contributed by atoms with Gasteiger partial charge in [-0.1, -0.05) is 29.3 Å². The molecule has 102 valence electrons. The lowest BCUT2D eigenvalue weighted by molar-refractivity contribution is 1.05. The molecule has 1 aromatic carbocycles. The van der Waals surface area contributed by atoms with E-state index in [1.54, 1.807) is 30.6 Å². The molecule has 0 atom stereocenters. The second kappa shape index (κ2) is 7.19. The molecule has 0 bridgehead atoms.